The molecule has 1 rings (SSSR count). The van der Waals surface area contributed by atoms with Gasteiger partial charge in [0.15, 0.2) is 0 Å². The third-order valence-electron chi connectivity index (χ3n) is 3.24. The van der Waals surface area contributed by atoms with Crippen LogP contribution in [0.1, 0.15) is 37.0 Å². The maximum atomic E-state index is 12.3. The van der Waals surface area contributed by atoms with Crippen LogP contribution in [0.3, 0.4) is 0 Å². The van der Waals surface area contributed by atoms with Crippen LogP contribution in [-0.4, -0.2) is 58.2 Å². The lowest BCUT2D eigenvalue weighted by Gasteiger charge is -2.12. The zero-order chi connectivity index (χ0) is 24.7. The smallest absolute Gasteiger partial charge is 0.481 e. The van der Waals surface area contributed by atoms with Crippen LogP contribution in [0.25, 0.3) is 0 Å². The van der Waals surface area contributed by atoms with Gasteiger partial charge >= 0.3 is 18.1 Å². The number of aliphatic carboxylic acids is 2. The summed E-state index contributed by atoms with van der Waals surface area (Å²) in [5, 5.41) is 21.3. The molecule has 8 nitrogen and oxygen atoms in total. The SMILES string of the molecule is CC(C)CC(=O)Nc1ccccc1C(=O)NCCSSCCC(=O)O.O=C(O)C(F)(F)F. The number of hydrogen-bond acceptors (Lipinski definition) is 6. The molecule has 0 saturated heterocycles. The molecule has 1 aromatic carbocycles. The Hall–Kier alpha value is -2.41. The molecule has 32 heavy (non-hydrogen) atoms. The van der Waals surface area contributed by atoms with Crippen LogP contribution in [0.4, 0.5) is 18.9 Å². The summed E-state index contributed by atoms with van der Waals surface area (Å²) in [7, 11) is 3.00. The molecule has 0 unspecified atom stereocenters. The normalized spacial score (nSPS) is 10.7. The molecule has 1 aromatic rings. The van der Waals surface area contributed by atoms with Crippen molar-refractivity contribution in [2.45, 2.75) is 32.9 Å². The van der Waals surface area contributed by atoms with Gasteiger partial charge < -0.3 is 20.8 Å². The third kappa shape index (κ3) is 14.6. The molecule has 0 aliphatic carbocycles. The molecule has 0 aliphatic rings. The molecule has 2 amide bonds. The van der Waals surface area contributed by atoms with Crippen LogP contribution in [0.2, 0.25) is 0 Å². The molecular formula is C19H25F3N2O6S2. The summed E-state index contributed by atoms with van der Waals surface area (Å²) in [6.07, 6.45) is -4.55. The second-order valence-electron chi connectivity index (χ2n) is 6.54. The fraction of sp³-hybridized carbons (Fsp3) is 0.474. The maximum absolute atomic E-state index is 12.3. The molecule has 0 heterocycles. The summed E-state index contributed by atoms with van der Waals surface area (Å²) in [6.45, 7) is 4.40. The Morgan fingerprint density at radius 1 is 1.03 bits per heavy atom. The van der Waals surface area contributed by atoms with E-state index < -0.39 is 18.1 Å². The summed E-state index contributed by atoms with van der Waals surface area (Å²) in [6, 6.07) is 6.92. The van der Waals surface area contributed by atoms with Crippen LogP contribution >= 0.6 is 21.6 Å². The number of para-hydroxylation sites is 1. The highest BCUT2D eigenvalue weighted by molar-refractivity contribution is 8.76. The van der Waals surface area contributed by atoms with E-state index >= 15 is 0 Å². The first-order valence-electron chi connectivity index (χ1n) is 9.28. The fourth-order valence-electron chi connectivity index (χ4n) is 1.91. The maximum Gasteiger partial charge on any atom is 0.490 e. The van der Waals surface area contributed by atoms with Crippen molar-refractivity contribution in [3.63, 3.8) is 0 Å². The van der Waals surface area contributed by atoms with Crippen molar-refractivity contribution in [1.29, 1.82) is 0 Å². The van der Waals surface area contributed by atoms with Gasteiger partial charge in [0, 0.05) is 24.5 Å². The first kappa shape index (κ1) is 29.6. The van der Waals surface area contributed by atoms with Crippen LogP contribution in [-0.2, 0) is 14.4 Å². The largest absolute Gasteiger partial charge is 0.490 e. The molecule has 180 valence electrons. The summed E-state index contributed by atoms with van der Waals surface area (Å²) in [4.78, 5) is 43.5. The Bertz CT molecular complexity index is 776. The number of carboxylic acids is 2. The fourth-order valence-corrected chi connectivity index (χ4v) is 3.80. The Kier molecular flexibility index (Phi) is 14.2. The van der Waals surface area contributed by atoms with Crippen molar-refractivity contribution in [3.05, 3.63) is 29.8 Å². The van der Waals surface area contributed by atoms with Gasteiger partial charge in [-0.05, 0) is 18.1 Å². The molecule has 0 aliphatic heterocycles. The second kappa shape index (κ2) is 15.4. The molecule has 0 saturated carbocycles. The number of halogens is 3. The van der Waals surface area contributed by atoms with Gasteiger partial charge in [0.25, 0.3) is 5.91 Å². The number of amides is 2. The van der Waals surface area contributed by atoms with Gasteiger partial charge in [-0.1, -0.05) is 47.6 Å². The summed E-state index contributed by atoms with van der Waals surface area (Å²) in [5.74, 6) is -2.45. The van der Waals surface area contributed by atoms with E-state index in [9.17, 15) is 27.6 Å². The molecule has 0 radical (unpaired) electrons. The lowest BCUT2D eigenvalue weighted by Crippen LogP contribution is -2.27. The van der Waals surface area contributed by atoms with Crippen LogP contribution in [0.5, 0.6) is 0 Å². The number of carbonyl (C=O) groups excluding carboxylic acids is 2. The zero-order valence-corrected chi connectivity index (χ0v) is 19.0. The topological polar surface area (TPSA) is 133 Å². The standard InChI is InChI=1S/C17H24N2O4S2.C2HF3O2/c1-12(2)11-15(20)19-14-6-4-3-5-13(14)17(23)18-8-10-25-24-9-7-16(21)22;3-2(4,5)1(6)7/h3-6,12H,7-11H2,1-2H3,(H,18,23)(H,19,20)(H,21,22);(H,6,7). The van der Waals surface area contributed by atoms with Gasteiger partial charge in [0.1, 0.15) is 0 Å². The average molecular weight is 499 g/mol. The molecular weight excluding hydrogens is 473 g/mol. The van der Waals surface area contributed by atoms with Gasteiger partial charge in [0.05, 0.1) is 17.7 Å². The molecule has 13 heteroatoms. The van der Waals surface area contributed by atoms with Gasteiger partial charge in [0.2, 0.25) is 5.91 Å². The minimum atomic E-state index is -5.08. The number of nitrogens with one attached hydrogen (secondary N) is 2. The quantitative estimate of drug-likeness (QED) is 0.267. The van der Waals surface area contributed by atoms with Crippen molar-refractivity contribution in [2.75, 3.05) is 23.4 Å². The van der Waals surface area contributed by atoms with Crippen molar-refractivity contribution >= 4 is 51.0 Å². The summed E-state index contributed by atoms with van der Waals surface area (Å²) in [5.41, 5.74) is 0.942. The lowest BCUT2D eigenvalue weighted by molar-refractivity contribution is -0.192. The van der Waals surface area contributed by atoms with Gasteiger partial charge in [-0.15, -0.1) is 0 Å². The molecule has 0 fully saturated rings. The van der Waals surface area contributed by atoms with E-state index in [0.29, 0.717) is 35.7 Å². The number of hydrogen-bond donors (Lipinski definition) is 4. The van der Waals surface area contributed by atoms with Crippen LogP contribution in [0, 0.1) is 5.92 Å². The van der Waals surface area contributed by atoms with Crippen molar-refractivity contribution < 1.29 is 42.6 Å². The Balaban J connectivity index is 0.00000118. The summed E-state index contributed by atoms with van der Waals surface area (Å²) < 4.78 is 31.7. The number of alkyl halides is 3. The molecule has 0 atom stereocenters. The number of benzene rings is 1. The monoisotopic (exact) mass is 498 g/mol. The third-order valence-corrected chi connectivity index (χ3v) is 5.64. The minimum absolute atomic E-state index is 0.111. The molecule has 0 aromatic heterocycles. The van der Waals surface area contributed by atoms with E-state index in [1.807, 2.05) is 13.8 Å². The number of carboxylic acid groups (broad SMARTS) is 2. The lowest BCUT2D eigenvalue weighted by atomic mass is 10.1. The molecule has 4 N–H and O–H groups in total. The second-order valence-corrected chi connectivity index (χ2v) is 9.24. The van der Waals surface area contributed by atoms with Crippen LogP contribution in [0.15, 0.2) is 24.3 Å². The molecule has 0 spiro atoms. The van der Waals surface area contributed by atoms with Gasteiger partial charge in [-0.25, -0.2) is 4.79 Å². The Morgan fingerprint density at radius 3 is 2.12 bits per heavy atom. The van der Waals surface area contributed by atoms with Crippen molar-refractivity contribution in [2.24, 2.45) is 5.92 Å². The summed E-state index contributed by atoms with van der Waals surface area (Å²) >= 11 is 0. The van der Waals surface area contributed by atoms with E-state index in [-0.39, 0.29) is 24.2 Å². The predicted molar refractivity (Wildman–Crippen MR) is 118 cm³/mol. The number of carbonyl (C=O) groups is 4. The minimum Gasteiger partial charge on any atom is -0.481 e. The van der Waals surface area contributed by atoms with Crippen molar-refractivity contribution in [3.8, 4) is 0 Å². The zero-order valence-electron chi connectivity index (χ0n) is 17.4. The Labute approximate surface area is 191 Å². The number of anilines is 1. The van der Waals surface area contributed by atoms with E-state index in [1.165, 1.54) is 21.6 Å². The van der Waals surface area contributed by atoms with E-state index in [2.05, 4.69) is 10.6 Å². The van der Waals surface area contributed by atoms with E-state index in [0.717, 1.165) is 0 Å². The average Bonchev–Trinajstić information content (AvgIpc) is 2.66. The van der Waals surface area contributed by atoms with Crippen LogP contribution < -0.4 is 10.6 Å². The number of rotatable bonds is 11. The van der Waals surface area contributed by atoms with E-state index in [4.69, 9.17) is 15.0 Å². The highest BCUT2D eigenvalue weighted by atomic mass is 33.1. The highest BCUT2D eigenvalue weighted by Crippen LogP contribution is 2.21. The van der Waals surface area contributed by atoms with Crippen molar-refractivity contribution in [1.82, 2.24) is 5.32 Å². The van der Waals surface area contributed by atoms with E-state index in [1.54, 1.807) is 24.3 Å². The van der Waals surface area contributed by atoms with Gasteiger partial charge in [-0.3, -0.25) is 14.4 Å². The first-order valence-corrected chi connectivity index (χ1v) is 11.8. The predicted octanol–water partition coefficient (Wildman–Crippen LogP) is 3.89. The molecule has 0 bridgehead atoms. The first-order chi connectivity index (χ1) is 14.8. The van der Waals surface area contributed by atoms with Gasteiger partial charge in [-0.2, -0.15) is 13.2 Å². The Morgan fingerprint density at radius 2 is 1.59 bits per heavy atom. The highest BCUT2D eigenvalue weighted by Gasteiger charge is 2.38.